The first-order valence-electron chi connectivity index (χ1n) is 8.84. The molecule has 1 aromatic carbocycles. The van der Waals surface area contributed by atoms with Crippen molar-refractivity contribution >= 4 is 5.78 Å². The number of ether oxygens (including phenoxy) is 3. The Morgan fingerprint density at radius 3 is 2.50 bits per heavy atom. The molecule has 2 heterocycles. The molecule has 2 aliphatic rings. The van der Waals surface area contributed by atoms with E-state index in [1.165, 1.54) is 6.92 Å². The van der Waals surface area contributed by atoms with Crippen molar-refractivity contribution in [1.29, 1.82) is 0 Å². The SMILES string of the molecule is C=C(CO)[C@H]1Oc2ccc(C(C)=O)cc2[C@@H]1O[C@@H]1O[C@H](CO)[C@@H](O)[C@H](O)[C@H]1O. The zero-order valence-electron chi connectivity index (χ0n) is 15.3. The molecule has 28 heavy (non-hydrogen) atoms. The lowest BCUT2D eigenvalue weighted by atomic mass is 9.97. The molecular formula is C19H24O9. The summed E-state index contributed by atoms with van der Waals surface area (Å²) in [6.45, 7) is 4.20. The van der Waals surface area contributed by atoms with E-state index >= 15 is 0 Å². The topological polar surface area (TPSA) is 146 Å². The fraction of sp³-hybridized carbons (Fsp3) is 0.526. The van der Waals surface area contributed by atoms with E-state index in [0.29, 0.717) is 22.4 Å². The van der Waals surface area contributed by atoms with Crippen LogP contribution in [0, 0.1) is 0 Å². The second kappa shape index (κ2) is 8.26. The molecule has 1 fully saturated rings. The number of aliphatic hydroxyl groups is 5. The van der Waals surface area contributed by atoms with Crippen molar-refractivity contribution in [3.63, 3.8) is 0 Å². The summed E-state index contributed by atoms with van der Waals surface area (Å²) in [6, 6.07) is 4.77. The third-order valence-corrected chi connectivity index (χ3v) is 4.99. The molecule has 3 rings (SSSR count). The molecule has 0 radical (unpaired) electrons. The molecule has 0 amide bonds. The highest BCUT2D eigenvalue weighted by molar-refractivity contribution is 5.94. The summed E-state index contributed by atoms with van der Waals surface area (Å²) < 4.78 is 17.0. The largest absolute Gasteiger partial charge is 0.482 e. The third-order valence-electron chi connectivity index (χ3n) is 4.99. The molecule has 7 atom stereocenters. The standard InChI is InChI=1S/C19H24O9/c1-8(6-20)17-18(11-5-10(9(2)22)3-4-12(11)26-17)28-19-16(25)15(24)14(23)13(7-21)27-19/h3-5,13-21,23-25H,1,6-7H2,2H3/t13-,14-,15+,16-,17-,18+,19+/m1/s1. The van der Waals surface area contributed by atoms with Gasteiger partial charge in [0.05, 0.1) is 13.2 Å². The molecule has 9 nitrogen and oxygen atoms in total. The van der Waals surface area contributed by atoms with Gasteiger partial charge in [0.1, 0.15) is 36.3 Å². The average Bonchev–Trinajstić information content (AvgIpc) is 3.05. The second-order valence-corrected chi connectivity index (χ2v) is 6.92. The first kappa shape index (κ1) is 20.9. The first-order valence-corrected chi connectivity index (χ1v) is 8.84. The molecule has 0 aromatic heterocycles. The van der Waals surface area contributed by atoms with Crippen LogP contribution in [0.25, 0.3) is 0 Å². The lowest BCUT2D eigenvalue weighted by Crippen LogP contribution is -2.59. The molecule has 9 heteroatoms. The molecule has 0 aliphatic carbocycles. The predicted octanol–water partition coefficient (Wildman–Crippen LogP) is -0.944. The number of rotatable bonds is 6. The van der Waals surface area contributed by atoms with Gasteiger partial charge in [0.25, 0.3) is 0 Å². The van der Waals surface area contributed by atoms with Crippen molar-refractivity contribution in [3.8, 4) is 5.75 Å². The molecular weight excluding hydrogens is 372 g/mol. The Labute approximate surface area is 161 Å². The maximum atomic E-state index is 11.7. The number of carbonyl (C=O) groups is 1. The van der Waals surface area contributed by atoms with Gasteiger partial charge in [-0.15, -0.1) is 0 Å². The smallest absolute Gasteiger partial charge is 0.187 e. The lowest BCUT2D eigenvalue weighted by molar-refractivity contribution is -0.314. The van der Waals surface area contributed by atoms with Gasteiger partial charge in [-0.25, -0.2) is 0 Å². The monoisotopic (exact) mass is 396 g/mol. The van der Waals surface area contributed by atoms with Crippen LogP contribution in [0.5, 0.6) is 5.75 Å². The Bertz CT molecular complexity index is 747. The van der Waals surface area contributed by atoms with Gasteiger partial charge in [-0.3, -0.25) is 4.79 Å². The molecule has 2 aliphatic heterocycles. The summed E-state index contributed by atoms with van der Waals surface area (Å²) >= 11 is 0. The van der Waals surface area contributed by atoms with Crippen molar-refractivity contribution in [2.45, 2.75) is 49.8 Å². The molecule has 5 N–H and O–H groups in total. The van der Waals surface area contributed by atoms with Crippen molar-refractivity contribution in [3.05, 3.63) is 41.5 Å². The van der Waals surface area contributed by atoms with Crippen LogP contribution in [0.1, 0.15) is 28.9 Å². The maximum absolute atomic E-state index is 11.7. The molecule has 0 unspecified atom stereocenters. The summed E-state index contributed by atoms with van der Waals surface area (Å²) in [4.78, 5) is 11.7. The number of fused-ring (bicyclic) bond motifs is 1. The zero-order valence-corrected chi connectivity index (χ0v) is 15.3. The number of Topliss-reactive ketones (excluding diaryl/α,β-unsaturated/α-hetero) is 1. The highest BCUT2D eigenvalue weighted by atomic mass is 16.7. The van der Waals surface area contributed by atoms with E-state index in [1.807, 2.05) is 0 Å². The molecule has 154 valence electrons. The number of hydrogen-bond donors (Lipinski definition) is 5. The fourth-order valence-corrected chi connectivity index (χ4v) is 3.32. The lowest BCUT2D eigenvalue weighted by Gasteiger charge is -2.40. The highest BCUT2D eigenvalue weighted by Gasteiger charge is 2.47. The van der Waals surface area contributed by atoms with Crippen LogP contribution in [-0.2, 0) is 9.47 Å². The van der Waals surface area contributed by atoms with Gasteiger partial charge in [-0.05, 0) is 30.7 Å². The summed E-state index contributed by atoms with van der Waals surface area (Å²) in [5.74, 6) is 0.248. The first-order chi connectivity index (χ1) is 13.3. The van der Waals surface area contributed by atoms with E-state index in [0.717, 1.165) is 0 Å². The van der Waals surface area contributed by atoms with E-state index in [-0.39, 0.29) is 12.4 Å². The van der Waals surface area contributed by atoms with E-state index in [9.17, 15) is 30.3 Å². The molecule has 0 saturated carbocycles. The van der Waals surface area contributed by atoms with Gasteiger partial charge in [0.15, 0.2) is 18.2 Å². The highest BCUT2D eigenvalue weighted by Crippen LogP contribution is 2.43. The van der Waals surface area contributed by atoms with Crippen molar-refractivity contribution in [2.75, 3.05) is 13.2 Å². The Balaban J connectivity index is 1.92. The Hall–Kier alpha value is -1.85. The van der Waals surface area contributed by atoms with Gasteiger partial charge in [-0.2, -0.15) is 0 Å². The number of aliphatic hydroxyl groups excluding tert-OH is 5. The van der Waals surface area contributed by atoms with Crippen LogP contribution in [0.2, 0.25) is 0 Å². The van der Waals surface area contributed by atoms with Crippen molar-refractivity contribution in [1.82, 2.24) is 0 Å². The Morgan fingerprint density at radius 1 is 1.18 bits per heavy atom. The zero-order chi connectivity index (χ0) is 20.6. The minimum atomic E-state index is -1.60. The second-order valence-electron chi connectivity index (χ2n) is 6.92. The van der Waals surface area contributed by atoms with Crippen molar-refractivity contribution in [2.24, 2.45) is 0 Å². The maximum Gasteiger partial charge on any atom is 0.187 e. The Kier molecular flexibility index (Phi) is 6.15. The van der Waals surface area contributed by atoms with Crippen LogP contribution in [0.4, 0.5) is 0 Å². The van der Waals surface area contributed by atoms with Crippen LogP contribution in [-0.4, -0.2) is 81.3 Å². The number of ketones is 1. The summed E-state index contributed by atoms with van der Waals surface area (Å²) in [7, 11) is 0. The number of hydrogen-bond acceptors (Lipinski definition) is 9. The minimum absolute atomic E-state index is 0.168. The summed E-state index contributed by atoms with van der Waals surface area (Å²) in [5, 5.41) is 48.9. The van der Waals surface area contributed by atoms with Crippen LogP contribution < -0.4 is 4.74 Å². The average molecular weight is 396 g/mol. The van der Waals surface area contributed by atoms with Gasteiger partial charge in [0.2, 0.25) is 0 Å². The van der Waals surface area contributed by atoms with Crippen LogP contribution in [0.15, 0.2) is 30.4 Å². The molecule has 0 bridgehead atoms. The Morgan fingerprint density at radius 2 is 1.89 bits per heavy atom. The summed E-state index contributed by atoms with van der Waals surface area (Å²) in [5.41, 5.74) is 1.21. The van der Waals surface area contributed by atoms with E-state index < -0.39 is 49.5 Å². The summed E-state index contributed by atoms with van der Waals surface area (Å²) in [6.07, 6.45) is -8.97. The van der Waals surface area contributed by atoms with Gasteiger partial charge < -0.3 is 39.7 Å². The number of benzene rings is 1. The quantitative estimate of drug-likeness (QED) is 0.304. The minimum Gasteiger partial charge on any atom is -0.482 e. The van der Waals surface area contributed by atoms with E-state index in [1.54, 1.807) is 18.2 Å². The van der Waals surface area contributed by atoms with Crippen LogP contribution in [0.3, 0.4) is 0 Å². The van der Waals surface area contributed by atoms with Gasteiger partial charge in [-0.1, -0.05) is 6.58 Å². The van der Waals surface area contributed by atoms with Gasteiger partial charge in [0, 0.05) is 11.1 Å². The normalized spacial score (nSPS) is 34.6. The van der Waals surface area contributed by atoms with E-state index in [2.05, 4.69) is 6.58 Å². The third kappa shape index (κ3) is 3.70. The van der Waals surface area contributed by atoms with Crippen molar-refractivity contribution < 1.29 is 44.5 Å². The van der Waals surface area contributed by atoms with Crippen LogP contribution >= 0.6 is 0 Å². The fourth-order valence-electron chi connectivity index (χ4n) is 3.32. The molecule has 1 aromatic rings. The number of carbonyl (C=O) groups excluding carboxylic acids is 1. The molecule has 1 saturated heterocycles. The van der Waals surface area contributed by atoms with E-state index in [4.69, 9.17) is 14.2 Å². The van der Waals surface area contributed by atoms with Gasteiger partial charge >= 0.3 is 0 Å². The molecule has 0 spiro atoms. The predicted molar refractivity (Wildman–Crippen MR) is 94.7 cm³/mol.